The molecule has 2 aromatic rings. The zero-order chi connectivity index (χ0) is 16.7. The second-order valence-corrected chi connectivity index (χ2v) is 6.14. The van der Waals surface area contributed by atoms with Crippen LogP contribution in [0.2, 0.25) is 0 Å². The topological polar surface area (TPSA) is 59.5 Å². The number of thiazole rings is 1. The lowest BCUT2D eigenvalue weighted by Gasteiger charge is -2.18. The average molecular weight is 348 g/mol. The minimum atomic E-state index is -0.603. The Labute approximate surface area is 142 Å². The number of amides is 1. The number of carbonyl (C=O) groups excluding carboxylic acids is 2. The molecule has 0 bridgehead atoms. The maximum atomic E-state index is 12.0. The fourth-order valence-electron chi connectivity index (χ4n) is 1.77. The van der Waals surface area contributed by atoms with Crippen LogP contribution in [0, 0.1) is 0 Å². The maximum absolute atomic E-state index is 12.0. The van der Waals surface area contributed by atoms with Gasteiger partial charge in [-0.05, 0) is 11.4 Å². The van der Waals surface area contributed by atoms with Crippen molar-refractivity contribution in [1.29, 1.82) is 0 Å². The predicted octanol–water partition coefficient (Wildman–Crippen LogP) is 3.23. The van der Waals surface area contributed by atoms with E-state index in [2.05, 4.69) is 18.1 Å². The third-order valence-electron chi connectivity index (χ3n) is 2.86. The first-order valence-electron chi connectivity index (χ1n) is 6.80. The molecule has 2 heterocycles. The van der Waals surface area contributed by atoms with Gasteiger partial charge in [-0.3, -0.25) is 4.79 Å². The highest BCUT2D eigenvalue weighted by atomic mass is 32.1. The molecule has 0 N–H and O–H groups in total. The molecule has 0 fully saturated rings. The highest BCUT2D eigenvalue weighted by molar-refractivity contribution is 7.14. The number of hydrogen-bond donors (Lipinski definition) is 0. The number of esters is 1. The van der Waals surface area contributed by atoms with E-state index < -0.39 is 5.97 Å². The zero-order valence-corrected chi connectivity index (χ0v) is 14.1. The Kier molecular flexibility index (Phi) is 6.25. The number of hydrogen-bond acceptors (Lipinski definition) is 6. The summed E-state index contributed by atoms with van der Waals surface area (Å²) in [7, 11) is 0. The third kappa shape index (κ3) is 4.61. The standard InChI is InChI=1S/C16H16N2O3S2/c1-3-6-18(7-4-2)14(19)9-21-16(20)13-11-23-15(17-13)12-5-8-22-10-12/h3-5,8,10-11H,1-2,6-7,9H2. The number of carbonyl (C=O) groups is 2. The normalized spacial score (nSPS) is 10.1. The van der Waals surface area contributed by atoms with Crippen molar-refractivity contribution < 1.29 is 14.3 Å². The van der Waals surface area contributed by atoms with Gasteiger partial charge in [0.2, 0.25) is 0 Å². The molecule has 0 saturated heterocycles. The lowest BCUT2D eigenvalue weighted by atomic mass is 10.3. The summed E-state index contributed by atoms with van der Waals surface area (Å²) < 4.78 is 5.04. The molecule has 0 unspecified atom stereocenters. The van der Waals surface area contributed by atoms with Gasteiger partial charge < -0.3 is 9.64 Å². The molecule has 0 atom stereocenters. The molecule has 5 nitrogen and oxygen atoms in total. The van der Waals surface area contributed by atoms with E-state index in [1.54, 1.807) is 28.9 Å². The molecule has 0 aromatic carbocycles. The van der Waals surface area contributed by atoms with E-state index in [-0.39, 0.29) is 18.2 Å². The average Bonchev–Trinajstić information content (AvgIpc) is 3.22. The van der Waals surface area contributed by atoms with Crippen LogP contribution in [-0.2, 0) is 9.53 Å². The number of nitrogens with zero attached hydrogens (tertiary/aromatic N) is 2. The van der Waals surface area contributed by atoms with Crippen LogP contribution in [0.25, 0.3) is 10.6 Å². The van der Waals surface area contributed by atoms with Gasteiger partial charge in [0.15, 0.2) is 12.3 Å². The zero-order valence-electron chi connectivity index (χ0n) is 12.4. The number of ether oxygens (including phenoxy) is 1. The number of aromatic nitrogens is 1. The summed E-state index contributed by atoms with van der Waals surface area (Å²) in [4.78, 5) is 29.7. The van der Waals surface area contributed by atoms with Crippen molar-refractivity contribution in [2.45, 2.75) is 0 Å². The smallest absolute Gasteiger partial charge is 0.358 e. The van der Waals surface area contributed by atoms with Crippen LogP contribution in [0.3, 0.4) is 0 Å². The second kappa shape index (κ2) is 8.40. The van der Waals surface area contributed by atoms with Gasteiger partial charge in [0.05, 0.1) is 0 Å². The quantitative estimate of drug-likeness (QED) is 0.543. The minimum absolute atomic E-state index is 0.211. The van der Waals surface area contributed by atoms with Crippen molar-refractivity contribution in [3.8, 4) is 10.6 Å². The van der Waals surface area contributed by atoms with Crippen LogP contribution >= 0.6 is 22.7 Å². The fraction of sp³-hybridized carbons (Fsp3) is 0.188. The molecule has 0 aliphatic carbocycles. The van der Waals surface area contributed by atoms with E-state index in [1.807, 2.05) is 16.8 Å². The van der Waals surface area contributed by atoms with Crippen molar-refractivity contribution in [2.24, 2.45) is 0 Å². The Hall–Kier alpha value is -2.25. The molecule has 0 saturated carbocycles. The van der Waals surface area contributed by atoms with Gasteiger partial charge >= 0.3 is 5.97 Å². The summed E-state index contributed by atoms with van der Waals surface area (Å²) in [6, 6.07) is 1.94. The van der Waals surface area contributed by atoms with Crippen LogP contribution in [0.1, 0.15) is 10.5 Å². The summed E-state index contributed by atoms with van der Waals surface area (Å²) in [6.45, 7) is 7.61. The molecule has 23 heavy (non-hydrogen) atoms. The monoisotopic (exact) mass is 348 g/mol. The van der Waals surface area contributed by atoms with Gasteiger partial charge in [-0.1, -0.05) is 12.2 Å². The first-order valence-corrected chi connectivity index (χ1v) is 8.62. The Morgan fingerprint density at radius 3 is 2.61 bits per heavy atom. The predicted molar refractivity (Wildman–Crippen MR) is 92.7 cm³/mol. The van der Waals surface area contributed by atoms with Gasteiger partial charge in [0, 0.05) is 29.4 Å². The first-order chi connectivity index (χ1) is 11.2. The van der Waals surface area contributed by atoms with Crippen molar-refractivity contribution in [2.75, 3.05) is 19.7 Å². The fourth-order valence-corrected chi connectivity index (χ4v) is 3.27. The van der Waals surface area contributed by atoms with Gasteiger partial charge in [-0.25, -0.2) is 9.78 Å². The molecule has 0 radical (unpaired) electrons. The molecular formula is C16H16N2O3S2. The second-order valence-electron chi connectivity index (χ2n) is 4.50. The van der Waals surface area contributed by atoms with E-state index in [0.717, 1.165) is 10.6 Å². The van der Waals surface area contributed by atoms with Gasteiger partial charge in [0.25, 0.3) is 5.91 Å². The van der Waals surface area contributed by atoms with Crippen LogP contribution in [0.15, 0.2) is 47.5 Å². The lowest BCUT2D eigenvalue weighted by Crippen LogP contribution is -2.35. The highest BCUT2D eigenvalue weighted by Gasteiger charge is 2.17. The summed E-state index contributed by atoms with van der Waals surface area (Å²) >= 11 is 2.93. The van der Waals surface area contributed by atoms with E-state index in [1.165, 1.54) is 16.2 Å². The first kappa shape index (κ1) is 17.1. The lowest BCUT2D eigenvalue weighted by molar-refractivity contribution is -0.133. The molecule has 120 valence electrons. The molecule has 1 amide bonds. The molecule has 7 heteroatoms. The summed E-state index contributed by atoms with van der Waals surface area (Å²) in [5.41, 5.74) is 1.18. The Morgan fingerprint density at radius 1 is 1.26 bits per heavy atom. The van der Waals surface area contributed by atoms with E-state index >= 15 is 0 Å². The Balaban J connectivity index is 1.93. The highest BCUT2D eigenvalue weighted by Crippen LogP contribution is 2.25. The Bertz CT molecular complexity index is 682. The van der Waals surface area contributed by atoms with Crippen molar-refractivity contribution in [1.82, 2.24) is 9.88 Å². The summed E-state index contributed by atoms with van der Waals surface area (Å²) in [6.07, 6.45) is 3.22. The van der Waals surface area contributed by atoms with E-state index in [4.69, 9.17) is 4.74 Å². The van der Waals surface area contributed by atoms with Gasteiger partial charge in [0.1, 0.15) is 5.01 Å². The minimum Gasteiger partial charge on any atom is -0.451 e. The van der Waals surface area contributed by atoms with Crippen LogP contribution in [0.4, 0.5) is 0 Å². The Morgan fingerprint density at radius 2 is 2.00 bits per heavy atom. The maximum Gasteiger partial charge on any atom is 0.358 e. The largest absolute Gasteiger partial charge is 0.451 e. The number of thiophene rings is 1. The molecule has 0 spiro atoms. The summed E-state index contributed by atoms with van der Waals surface area (Å²) in [5, 5.41) is 6.29. The van der Waals surface area contributed by atoms with E-state index in [0.29, 0.717) is 13.1 Å². The molecule has 0 aliphatic rings. The van der Waals surface area contributed by atoms with Crippen molar-refractivity contribution in [3.63, 3.8) is 0 Å². The molecule has 2 rings (SSSR count). The SMILES string of the molecule is C=CCN(CC=C)C(=O)COC(=O)c1csc(-c2ccsc2)n1. The van der Waals surface area contributed by atoms with Crippen LogP contribution in [-0.4, -0.2) is 41.5 Å². The number of rotatable bonds is 8. The van der Waals surface area contributed by atoms with Crippen LogP contribution in [0.5, 0.6) is 0 Å². The van der Waals surface area contributed by atoms with Gasteiger partial charge in [-0.15, -0.1) is 24.5 Å². The van der Waals surface area contributed by atoms with Crippen molar-refractivity contribution >= 4 is 34.6 Å². The van der Waals surface area contributed by atoms with Crippen molar-refractivity contribution in [3.05, 3.63) is 53.2 Å². The van der Waals surface area contributed by atoms with Crippen LogP contribution < -0.4 is 0 Å². The van der Waals surface area contributed by atoms with Gasteiger partial charge in [-0.2, -0.15) is 11.3 Å². The summed E-state index contributed by atoms with van der Waals surface area (Å²) in [5.74, 6) is -0.903. The molecule has 0 aliphatic heterocycles. The molecule has 2 aromatic heterocycles. The third-order valence-corrected chi connectivity index (χ3v) is 4.43. The van der Waals surface area contributed by atoms with E-state index in [9.17, 15) is 9.59 Å². The molecular weight excluding hydrogens is 332 g/mol.